The Balaban J connectivity index is 3.05. The zero-order chi connectivity index (χ0) is 15.3. The van der Waals surface area contributed by atoms with Gasteiger partial charge in [0, 0.05) is 6.07 Å². The topological polar surface area (TPSA) is 90.8 Å². The number of nitro groups is 1. The number of aliphatic imine (C=N–C) groups is 1. The van der Waals surface area contributed by atoms with Crippen LogP contribution in [0.15, 0.2) is 23.2 Å². The normalized spacial score (nSPS) is 12.3. The number of benzene rings is 1. The summed E-state index contributed by atoms with van der Waals surface area (Å²) in [5.41, 5.74) is 4.80. The quantitative estimate of drug-likeness (QED) is 0.297. The molecular formula is C10H9ClF3N3O3. The molecule has 0 unspecified atom stereocenters. The molecular weight excluding hydrogens is 303 g/mol. The molecule has 0 amide bonds. The molecule has 0 aliphatic heterocycles. The fourth-order valence-electron chi connectivity index (χ4n) is 1.20. The Labute approximate surface area is 116 Å². The summed E-state index contributed by atoms with van der Waals surface area (Å²) in [7, 11) is 0. The number of hydrogen-bond acceptors (Lipinski definition) is 4. The van der Waals surface area contributed by atoms with E-state index >= 15 is 0 Å². The second kappa shape index (κ2) is 6.42. The fourth-order valence-corrected chi connectivity index (χ4v) is 1.26. The molecule has 10 heteroatoms. The summed E-state index contributed by atoms with van der Waals surface area (Å²) in [6.07, 6.45) is -4.59. The molecule has 1 aromatic carbocycles. The average Bonchev–Trinajstić information content (AvgIpc) is 2.35. The lowest BCUT2D eigenvalue weighted by atomic mass is 10.2. The first-order valence-electron chi connectivity index (χ1n) is 5.10. The van der Waals surface area contributed by atoms with Crippen LogP contribution in [-0.2, 0) is 0 Å². The molecule has 1 rings (SSSR count). The minimum atomic E-state index is -4.59. The Hall–Kier alpha value is -2.03. The Bertz CT molecular complexity index is 534. The van der Waals surface area contributed by atoms with E-state index in [2.05, 4.69) is 9.73 Å². The van der Waals surface area contributed by atoms with Gasteiger partial charge in [0.2, 0.25) is 0 Å². The van der Waals surface area contributed by atoms with Crippen molar-refractivity contribution in [2.24, 2.45) is 10.7 Å². The lowest BCUT2D eigenvalue weighted by Gasteiger charge is -2.09. The Morgan fingerprint density at radius 1 is 1.50 bits per heavy atom. The number of halogens is 4. The molecule has 110 valence electrons. The molecule has 0 spiro atoms. The summed E-state index contributed by atoms with van der Waals surface area (Å²) in [4.78, 5) is 13.7. The zero-order valence-corrected chi connectivity index (χ0v) is 10.6. The van der Waals surface area contributed by atoms with Crippen LogP contribution in [0.4, 0.5) is 24.5 Å². The molecule has 6 nitrogen and oxygen atoms in total. The van der Waals surface area contributed by atoms with Gasteiger partial charge >= 0.3 is 11.9 Å². The summed E-state index contributed by atoms with van der Waals surface area (Å²) in [6, 6.07) is 3.20. The van der Waals surface area contributed by atoms with E-state index in [4.69, 9.17) is 17.3 Å². The third-order valence-corrected chi connectivity index (χ3v) is 2.21. The maximum Gasteiger partial charge on any atom is 0.422 e. The van der Waals surface area contributed by atoms with E-state index in [1.165, 1.54) is 6.07 Å². The first-order chi connectivity index (χ1) is 9.23. The highest BCUT2D eigenvalue weighted by molar-refractivity contribution is 6.28. The van der Waals surface area contributed by atoms with Crippen LogP contribution in [0.2, 0.25) is 0 Å². The molecule has 0 saturated carbocycles. The van der Waals surface area contributed by atoms with E-state index in [1.807, 2.05) is 0 Å². The first kappa shape index (κ1) is 16.0. The Morgan fingerprint density at radius 2 is 2.15 bits per heavy atom. The van der Waals surface area contributed by atoms with Crippen LogP contribution in [0.5, 0.6) is 5.75 Å². The maximum absolute atomic E-state index is 12.0. The molecule has 0 atom stereocenters. The van der Waals surface area contributed by atoms with E-state index in [0.717, 1.165) is 12.1 Å². The zero-order valence-electron chi connectivity index (χ0n) is 9.85. The standard InChI is InChI=1S/C10H9ClF3N3O3/c11-4-9(15)16-6-1-2-8(7(3-6)17(18)19)20-5-10(12,13)14/h1-3H,4-5H2,(H2,15,16). The minimum Gasteiger partial charge on any atom is -0.477 e. The molecule has 0 aliphatic carbocycles. The number of nitrogens with two attached hydrogens (primary N) is 1. The second-order valence-electron chi connectivity index (χ2n) is 3.55. The first-order valence-corrected chi connectivity index (χ1v) is 5.63. The van der Waals surface area contributed by atoms with Gasteiger partial charge in [-0.15, -0.1) is 11.6 Å². The summed E-state index contributed by atoms with van der Waals surface area (Å²) < 4.78 is 40.4. The van der Waals surface area contributed by atoms with Crippen molar-refractivity contribution in [2.45, 2.75) is 6.18 Å². The van der Waals surface area contributed by atoms with Gasteiger partial charge in [0.05, 0.1) is 16.5 Å². The van der Waals surface area contributed by atoms with Crippen LogP contribution in [0.1, 0.15) is 0 Å². The second-order valence-corrected chi connectivity index (χ2v) is 3.82. The van der Waals surface area contributed by atoms with Gasteiger partial charge in [-0.25, -0.2) is 4.99 Å². The molecule has 20 heavy (non-hydrogen) atoms. The van der Waals surface area contributed by atoms with Crippen LogP contribution >= 0.6 is 11.6 Å². The highest BCUT2D eigenvalue weighted by atomic mass is 35.5. The van der Waals surface area contributed by atoms with Gasteiger partial charge in [-0.3, -0.25) is 10.1 Å². The van der Waals surface area contributed by atoms with Crippen molar-refractivity contribution in [1.29, 1.82) is 0 Å². The molecule has 2 N–H and O–H groups in total. The van der Waals surface area contributed by atoms with Crippen molar-refractivity contribution < 1.29 is 22.8 Å². The third-order valence-electron chi connectivity index (χ3n) is 1.94. The van der Waals surface area contributed by atoms with E-state index in [9.17, 15) is 23.3 Å². The number of alkyl halides is 4. The monoisotopic (exact) mass is 311 g/mol. The van der Waals surface area contributed by atoms with E-state index in [-0.39, 0.29) is 17.4 Å². The number of nitrogens with zero attached hydrogens (tertiary/aromatic N) is 2. The number of amidine groups is 1. The smallest absolute Gasteiger partial charge is 0.422 e. The third kappa shape index (κ3) is 4.92. The van der Waals surface area contributed by atoms with Gasteiger partial charge in [0.25, 0.3) is 0 Å². The molecule has 1 aromatic rings. The highest BCUT2D eigenvalue weighted by Crippen LogP contribution is 2.32. The molecule has 0 aliphatic rings. The highest BCUT2D eigenvalue weighted by Gasteiger charge is 2.30. The van der Waals surface area contributed by atoms with Crippen molar-refractivity contribution in [1.82, 2.24) is 0 Å². The summed E-state index contributed by atoms with van der Waals surface area (Å²) in [5.74, 6) is -0.569. The molecule has 0 heterocycles. The van der Waals surface area contributed by atoms with E-state index < -0.39 is 29.1 Å². The number of nitro benzene ring substituents is 1. The van der Waals surface area contributed by atoms with Crippen molar-refractivity contribution in [3.05, 3.63) is 28.3 Å². The van der Waals surface area contributed by atoms with E-state index in [1.54, 1.807) is 0 Å². The molecule has 0 radical (unpaired) electrons. The van der Waals surface area contributed by atoms with Gasteiger partial charge in [-0.05, 0) is 12.1 Å². The van der Waals surface area contributed by atoms with Gasteiger partial charge in [-0.1, -0.05) is 0 Å². The predicted molar refractivity (Wildman–Crippen MR) is 66.6 cm³/mol. The van der Waals surface area contributed by atoms with E-state index in [0.29, 0.717) is 0 Å². The Kier molecular flexibility index (Phi) is 5.14. The van der Waals surface area contributed by atoms with Crippen molar-refractivity contribution in [3.63, 3.8) is 0 Å². The molecule has 0 saturated heterocycles. The number of rotatable bonds is 5. The van der Waals surface area contributed by atoms with Crippen LogP contribution in [0, 0.1) is 10.1 Å². The van der Waals surface area contributed by atoms with Crippen LogP contribution in [-0.4, -0.2) is 29.4 Å². The van der Waals surface area contributed by atoms with Crippen molar-refractivity contribution in [2.75, 3.05) is 12.5 Å². The summed E-state index contributed by atoms with van der Waals surface area (Å²) >= 11 is 5.40. The van der Waals surface area contributed by atoms with Crippen LogP contribution in [0.25, 0.3) is 0 Å². The van der Waals surface area contributed by atoms with Crippen LogP contribution in [0.3, 0.4) is 0 Å². The molecule has 0 bridgehead atoms. The number of hydrogen-bond donors (Lipinski definition) is 1. The lowest BCUT2D eigenvalue weighted by molar-refractivity contribution is -0.386. The largest absolute Gasteiger partial charge is 0.477 e. The minimum absolute atomic E-state index is 0.0184. The Morgan fingerprint density at radius 3 is 2.65 bits per heavy atom. The lowest BCUT2D eigenvalue weighted by Crippen LogP contribution is -2.19. The average molecular weight is 312 g/mol. The predicted octanol–water partition coefficient (Wildman–Crippen LogP) is 2.76. The fraction of sp³-hybridized carbons (Fsp3) is 0.300. The van der Waals surface area contributed by atoms with Crippen molar-refractivity contribution in [3.8, 4) is 5.75 Å². The van der Waals surface area contributed by atoms with Gasteiger partial charge in [0.1, 0.15) is 5.84 Å². The SMILES string of the molecule is NC(CCl)=Nc1ccc(OCC(F)(F)F)c([N+](=O)[O-])c1. The number of ether oxygens (including phenoxy) is 1. The van der Waals surface area contributed by atoms with Gasteiger partial charge < -0.3 is 10.5 Å². The maximum atomic E-state index is 12.0. The van der Waals surface area contributed by atoms with Crippen LogP contribution < -0.4 is 10.5 Å². The van der Waals surface area contributed by atoms with Gasteiger partial charge in [-0.2, -0.15) is 13.2 Å². The summed E-state index contributed by atoms with van der Waals surface area (Å²) in [6.45, 7) is -1.62. The van der Waals surface area contributed by atoms with Crippen molar-refractivity contribution >= 4 is 28.8 Å². The van der Waals surface area contributed by atoms with Gasteiger partial charge in [0.15, 0.2) is 12.4 Å². The molecule has 0 aromatic heterocycles. The molecule has 0 fully saturated rings. The summed E-state index contributed by atoms with van der Waals surface area (Å²) in [5, 5.41) is 10.8.